The second-order valence-electron chi connectivity index (χ2n) is 5.34. The van der Waals surface area contributed by atoms with E-state index in [-0.39, 0.29) is 5.28 Å². The van der Waals surface area contributed by atoms with Gasteiger partial charge in [0.25, 0.3) is 0 Å². The monoisotopic (exact) mass is 313 g/mol. The van der Waals surface area contributed by atoms with Gasteiger partial charge >= 0.3 is 0 Å². The summed E-state index contributed by atoms with van der Waals surface area (Å²) in [5.41, 5.74) is 0. The van der Waals surface area contributed by atoms with Crippen molar-refractivity contribution in [3.8, 4) is 0 Å². The van der Waals surface area contributed by atoms with Crippen LogP contribution in [0, 0.1) is 0 Å². The van der Waals surface area contributed by atoms with Crippen LogP contribution in [0.5, 0.6) is 0 Å². The molecule has 8 heteroatoms. The van der Waals surface area contributed by atoms with Crippen LogP contribution in [0.25, 0.3) is 0 Å². The molecule has 116 valence electrons. The number of halogens is 1. The first kappa shape index (κ1) is 14.7. The van der Waals surface area contributed by atoms with Gasteiger partial charge in [-0.2, -0.15) is 15.0 Å². The Morgan fingerprint density at radius 1 is 1.24 bits per heavy atom. The van der Waals surface area contributed by atoms with E-state index in [1.54, 1.807) is 7.11 Å². The lowest BCUT2D eigenvalue weighted by Crippen LogP contribution is -2.37. The molecule has 2 aliphatic rings. The van der Waals surface area contributed by atoms with E-state index in [1.807, 2.05) is 0 Å². The van der Waals surface area contributed by atoms with Crippen LogP contribution in [0.4, 0.5) is 11.9 Å². The molecule has 1 aromatic heterocycles. The van der Waals surface area contributed by atoms with Crippen LogP contribution >= 0.6 is 11.6 Å². The highest BCUT2D eigenvalue weighted by Crippen LogP contribution is 2.24. The third-order valence-electron chi connectivity index (χ3n) is 3.94. The maximum atomic E-state index is 6.03. The van der Waals surface area contributed by atoms with Crippen molar-refractivity contribution >= 4 is 23.5 Å². The van der Waals surface area contributed by atoms with E-state index < -0.39 is 0 Å². The number of ether oxygens (including phenoxy) is 2. The van der Waals surface area contributed by atoms with Gasteiger partial charge in [0.2, 0.25) is 17.2 Å². The molecular weight excluding hydrogens is 294 g/mol. The minimum atomic E-state index is 0.218. The zero-order chi connectivity index (χ0) is 14.7. The summed E-state index contributed by atoms with van der Waals surface area (Å²) in [6, 6.07) is 0.325. The topological polar surface area (TPSA) is 72.4 Å². The average molecular weight is 314 g/mol. The Morgan fingerprint density at radius 2 is 2.05 bits per heavy atom. The summed E-state index contributed by atoms with van der Waals surface area (Å²) in [4.78, 5) is 14.9. The summed E-state index contributed by atoms with van der Waals surface area (Å²) < 4.78 is 10.7. The molecule has 2 heterocycles. The van der Waals surface area contributed by atoms with Gasteiger partial charge in [0.15, 0.2) is 0 Å². The number of hydrogen-bond donors (Lipinski definition) is 1. The Kier molecular flexibility index (Phi) is 4.72. The molecule has 1 aliphatic carbocycles. The van der Waals surface area contributed by atoms with E-state index in [0.29, 0.717) is 37.3 Å². The number of nitrogens with one attached hydrogen (secondary N) is 1. The SMILES string of the molecule is COC1CCC(Nc2nc(Cl)nc(N3CCOCC3)n2)C1. The van der Waals surface area contributed by atoms with Crippen LogP contribution in [0.2, 0.25) is 5.28 Å². The molecule has 1 saturated carbocycles. The molecule has 0 amide bonds. The molecule has 2 atom stereocenters. The highest BCUT2D eigenvalue weighted by molar-refractivity contribution is 6.28. The van der Waals surface area contributed by atoms with E-state index in [1.165, 1.54) is 0 Å². The van der Waals surface area contributed by atoms with Gasteiger partial charge in [-0.25, -0.2) is 0 Å². The van der Waals surface area contributed by atoms with Gasteiger partial charge in [-0.15, -0.1) is 0 Å². The van der Waals surface area contributed by atoms with Gasteiger partial charge in [-0.05, 0) is 30.9 Å². The van der Waals surface area contributed by atoms with Crippen LogP contribution < -0.4 is 10.2 Å². The fraction of sp³-hybridized carbons (Fsp3) is 0.769. The first-order valence-corrected chi connectivity index (χ1v) is 7.66. The third kappa shape index (κ3) is 3.72. The Hall–Kier alpha value is -1.18. The van der Waals surface area contributed by atoms with Crippen molar-refractivity contribution in [1.29, 1.82) is 0 Å². The third-order valence-corrected chi connectivity index (χ3v) is 4.11. The van der Waals surface area contributed by atoms with Crippen molar-refractivity contribution < 1.29 is 9.47 Å². The second-order valence-corrected chi connectivity index (χ2v) is 5.68. The fourth-order valence-corrected chi connectivity index (χ4v) is 2.93. The summed E-state index contributed by atoms with van der Waals surface area (Å²) in [7, 11) is 1.75. The van der Waals surface area contributed by atoms with E-state index in [2.05, 4.69) is 25.2 Å². The Bertz CT molecular complexity index is 484. The molecule has 3 rings (SSSR count). The van der Waals surface area contributed by atoms with E-state index >= 15 is 0 Å². The summed E-state index contributed by atoms with van der Waals surface area (Å²) in [5, 5.41) is 3.56. The summed E-state index contributed by atoms with van der Waals surface area (Å²) in [5.74, 6) is 1.15. The molecule has 2 fully saturated rings. The van der Waals surface area contributed by atoms with Crippen molar-refractivity contribution in [2.75, 3.05) is 43.6 Å². The average Bonchev–Trinajstić information content (AvgIpc) is 2.95. The first-order valence-electron chi connectivity index (χ1n) is 7.28. The highest BCUT2D eigenvalue weighted by atomic mass is 35.5. The number of hydrogen-bond acceptors (Lipinski definition) is 7. The second kappa shape index (κ2) is 6.72. The number of rotatable bonds is 4. The zero-order valence-electron chi connectivity index (χ0n) is 12.1. The standard InChI is InChI=1S/C13H20ClN5O2/c1-20-10-3-2-9(8-10)15-12-16-11(14)17-13(18-12)19-4-6-21-7-5-19/h9-10H,2-8H2,1H3,(H,15,16,17,18). The molecule has 0 spiro atoms. The van der Waals surface area contributed by atoms with Crippen molar-refractivity contribution in [3.05, 3.63) is 5.28 Å². The van der Waals surface area contributed by atoms with Gasteiger partial charge in [0, 0.05) is 26.2 Å². The normalized spacial score (nSPS) is 26.1. The van der Waals surface area contributed by atoms with E-state index in [4.69, 9.17) is 21.1 Å². The lowest BCUT2D eigenvalue weighted by atomic mass is 10.2. The summed E-state index contributed by atoms with van der Waals surface area (Å²) in [6.07, 6.45) is 3.39. The molecule has 21 heavy (non-hydrogen) atoms. The molecule has 1 aromatic rings. The molecule has 7 nitrogen and oxygen atoms in total. The molecule has 2 unspecified atom stereocenters. The largest absolute Gasteiger partial charge is 0.381 e. The van der Waals surface area contributed by atoms with Gasteiger partial charge < -0.3 is 19.7 Å². The van der Waals surface area contributed by atoms with Crippen molar-refractivity contribution in [2.45, 2.75) is 31.4 Å². The van der Waals surface area contributed by atoms with Gasteiger partial charge in [0.1, 0.15) is 0 Å². The van der Waals surface area contributed by atoms with Crippen LogP contribution in [-0.2, 0) is 9.47 Å². The Morgan fingerprint density at radius 3 is 2.76 bits per heavy atom. The first-order chi connectivity index (χ1) is 10.2. The molecule has 1 saturated heterocycles. The molecule has 0 bridgehead atoms. The maximum Gasteiger partial charge on any atom is 0.231 e. The lowest BCUT2D eigenvalue weighted by Gasteiger charge is -2.27. The smallest absolute Gasteiger partial charge is 0.231 e. The van der Waals surface area contributed by atoms with Gasteiger partial charge in [0.05, 0.1) is 19.3 Å². The zero-order valence-corrected chi connectivity index (χ0v) is 12.8. The van der Waals surface area contributed by atoms with Crippen LogP contribution in [0.15, 0.2) is 0 Å². The van der Waals surface area contributed by atoms with E-state index in [9.17, 15) is 0 Å². The summed E-state index contributed by atoms with van der Waals surface area (Å²) >= 11 is 6.03. The van der Waals surface area contributed by atoms with Gasteiger partial charge in [-0.1, -0.05) is 0 Å². The maximum absolute atomic E-state index is 6.03. The summed E-state index contributed by atoms with van der Waals surface area (Å²) in [6.45, 7) is 2.92. The number of morpholine rings is 1. The van der Waals surface area contributed by atoms with Crippen molar-refractivity contribution in [1.82, 2.24) is 15.0 Å². The van der Waals surface area contributed by atoms with Crippen molar-refractivity contribution in [3.63, 3.8) is 0 Å². The van der Waals surface area contributed by atoms with E-state index in [0.717, 1.165) is 32.4 Å². The number of methoxy groups -OCH3 is 1. The number of anilines is 2. The molecule has 1 aliphatic heterocycles. The fourth-order valence-electron chi connectivity index (χ4n) is 2.78. The minimum absolute atomic E-state index is 0.218. The Balaban J connectivity index is 1.69. The molecule has 0 radical (unpaired) electrons. The highest BCUT2D eigenvalue weighted by Gasteiger charge is 2.25. The predicted octanol–water partition coefficient (Wildman–Crippen LogP) is 1.34. The van der Waals surface area contributed by atoms with Crippen LogP contribution in [0.1, 0.15) is 19.3 Å². The lowest BCUT2D eigenvalue weighted by molar-refractivity contribution is 0.108. The van der Waals surface area contributed by atoms with Gasteiger partial charge in [-0.3, -0.25) is 0 Å². The van der Waals surface area contributed by atoms with Crippen LogP contribution in [-0.4, -0.2) is 60.5 Å². The Labute approximate surface area is 129 Å². The molecule has 1 N–H and O–H groups in total. The predicted molar refractivity (Wildman–Crippen MR) is 79.9 cm³/mol. The molecule has 0 aromatic carbocycles. The van der Waals surface area contributed by atoms with Crippen molar-refractivity contribution in [2.24, 2.45) is 0 Å². The quantitative estimate of drug-likeness (QED) is 0.899. The number of aromatic nitrogens is 3. The number of nitrogens with zero attached hydrogens (tertiary/aromatic N) is 4. The molecular formula is C13H20ClN5O2. The van der Waals surface area contributed by atoms with Crippen LogP contribution in [0.3, 0.4) is 0 Å². The minimum Gasteiger partial charge on any atom is -0.381 e.